The molecule has 1 aromatic rings. The van der Waals surface area contributed by atoms with Crippen LogP contribution in [-0.2, 0) is 4.79 Å². The number of para-hydroxylation sites is 1. The van der Waals surface area contributed by atoms with E-state index in [1.807, 2.05) is 24.3 Å². The molecule has 0 saturated heterocycles. The second kappa shape index (κ2) is 8.59. The van der Waals surface area contributed by atoms with Crippen molar-refractivity contribution in [2.24, 2.45) is 0 Å². The second-order valence-electron chi connectivity index (χ2n) is 3.62. The molecule has 0 spiro atoms. The van der Waals surface area contributed by atoms with Crippen molar-refractivity contribution in [2.75, 3.05) is 16.4 Å². The lowest BCUT2D eigenvalue weighted by atomic mass is 10.2. The Kier molecular flexibility index (Phi) is 7.37. The molecule has 0 fully saturated rings. The number of carbonyl (C=O) groups is 1. The molecule has 0 radical (unpaired) electrons. The summed E-state index contributed by atoms with van der Waals surface area (Å²) in [5.41, 5.74) is 0.934. The highest BCUT2D eigenvalue weighted by molar-refractivity contribution is 9.09. The Morgan fingerprint density at radius 1 is 1.35 bits per heavy atom. The van der Waals surface area contributed by atoms with Crippen molar-refractivity contribution < 1.29 is 4.79 Å². The highest BCUT2D eigenvalue weighted by Crippen LogP contribution is 2.26. The highest BCUT2D eigenvalue weighted by Gasteiger charge is 2.05. The van der Waals surface area contributed by atoms with E-state index in [4.69, 9.17) is 0 Å². The largest absolute Gasteiger partial charge is 0.325 e. The molecular weight excluding hydrogens is 298 g/mol. The summed E-state index contributed by atoms with van der Waals surface area (Å²) in [6.07, 6.45) is 2.57. The molecule has 4 heteroatoms. The molecule has 1 rings (SSSR count). The van der Waals surface area contributed by atoms with E-state index in [1.165, 1.54) is 0 Å². The number of anilines is 1. The first-order valence-electron chi connectivity index (χ1n) is 5.85. The Morgan fingerprint density at radius 3 is 2.82 bits per heavy atom. The SMILES string of the molecule is CCSc1ccccc1NC(=O)CCCCBr. The lowest BCUT2D eigenvalue weighted by Crippen LogP contribution is -2.11. The summed E-state index contributed by atoms with van der Waals surface area (Å²) in [6.45, 7) is 2.11. The fraction of sp³-hybridized carbons (Fsp3) is 0.462. The maximum Gasteiger partial charge on any atom is 0.224 e. The summed E-state index contributed by atoms with van der Waals surface area (Å²) >= 11 is 5.11. The Hall–Kier alpha value is -0.480. The standard InChI is InChI=1S/C13H18BrNOS/c1-2-17-12-8-4-3-7-11(12)15-13(16)9-5-6-10-14/h3-4,7-8H,2,5-6,9-10H2,1H3,(H,15,16). The van der Waals surface area contributed by atoms with Crippen LogP contribution in [0.1, 0.15) is 26.2 Å². The molecule has 0 unspecified atom stereocenters. The van der Waals surface area contributed by atoms with Gasteiger partial charge in [-0.05, 0) is 30.7 Å². The summed E-state index contributed by atoms with van der Waals surface area (Å²) in [5, 5.41) is 3.94. The van der Waals surface area contributed by atoms with Crippen molar-refractivity contribution in [3.63, 3.8) is 0 Å². The quantitative estimate of drug-likeness (QED) is 0.461. The number of carbonyl (C=O) groups excluding carboxylic acids is 1. The second-order valence-corrected chi connectivity index (χ2v) is 5.72. The van der Waals surface area contributed by atoms with Crippen LogP contribution in [0.3, 0.4) is 0 Å². The van der Waals surface area contributed by atoms with Gasteiger partial charge in [0.05, 0.1) is 5.69 Å². The number of thioether (sulfide) groups is 1. The van der Waals surface area contributed by atoms with Crippen molar-refractivity contribution in [3.8, 4) is 0 Å². The van der Waals surface area contributed by atoms with E-state index in [-0.39, 0.29) is 5.91 Å². The van der Waals surface area contributed by atoms with E-state index >= 15 is 0 Å². The molecule has 94 valence electrons. The van der Waals surface area contributed by atoms with Gasteiger partial charge in [-0.3, -0.25) is 4.79 Å². The zero-order chi connectivity index (χ0) is 12.5. The minimum atomic E-state index is 0.107. The van der Waals surface area contributed by atoms with Crippen molar-refractivity contribution in [1.29, 1.82) is 0 Å². The first-order valence-corrected chi connectivity index (χ1v) is 7.96. The lowest BCUT2D eigenvalue weighted by molar-refractivity contribution is -0.116. The molecule has 0 aromatic heterocycles. The first kappa shape index (κ1) is 14.6. The fourth-order valence-electron chi connectivity index (χ4n) is 1.44. The van der Waals surface area contributed by atoms with Crippen LogP contribution in [0.25, 0.3) is 0 Å². The van der Waals surface area contributed by atoms with Gasteiger partial charge in [0.25, 0.3) is 0 Å². The Bertz CT molecular complexity index is 357. The van der Waals surface area contributed by atoms with Gasteiger partial charge in [0.2, 0.25) is 5.91 Å². The Balaban J connectivity index is 2.52. The number of alkyl halides is 1. The average molecular weight is 316 g/mol. The summed E-state index contributed by atoms with van der Waals surface area (Å²) in [4.78, 5) is 12.9. The third-order valence-electron chi connectivity index (χ3n) is 2.25. The molecule has 0 bridgehead atoms. The molecule has 0 aliphatic carbocycles. The van der Waals surface area contributed by atoms with Crippen LogP contribution >= 0.6 is 27.7 Å². The number of hydrogen-bond acceptors (Lipinski definition) is 2. The van der Waals surface area contributed by atoms with E-state index in [2.05, 4.69) is 28.2 Å². The molecule has 0 heterocycles. The smallest absolute Gasteiger partial charge is 0.224 e. The van der Waals surface area contributed by atoms with Crippen LogP contribution < -0.4 is 5.32 Å². The van der Waals surface area contributed by atoms with Crippen molar-refractivity contribution in [1.82, 2.24) is 0 Å². The third kappa shape index (κ3) is 5.59. The molecule has 0 saturated carbocycles. The topological polar surface area (TPSA) is 29.1 Å². The molecule has 1 aromatic carbocycles. The van der Waals surface area contributed by atoms with Gasteiger partial charge in [-0.2, -0.15) is 0 Å². The van der Waals surface area contributed by atoms with Crippen LogP contribution in [-0.4, -0.2) is 17.0 Å². The van der Waals surface area contributed by atoms with Crippen molar-refractivity contribution in [3.05, 3.63) is 24.3 Å². The maximum atomic E-state index is 11.7. The number of amides is 1. The molecular formula is C13H18BrNOS. The van der Waals surface area contributed by atoms with Crippen LogP contribution in [0.2, 0.25) is 0 Å². The van der Waals surface area contributed by atoms with Crippen LogP contribution in [0, 0.1) is 0 Å². The summed E-state index contributed by atoms with van der Waals surface area (Å²) in [7, 11) is 0. The average Bonchev–Trinajstić information content (AvgIpc) is 2.32. The van der Waals surface area contributed by atoms with Gasteiger partial charge in [-0.25, -0.2) is 0 Å². The van der Waals surface area contributed by atoms with Gasteiger partial charge in [0.1, 0.15) is 0 Å². The number of hydrogen-bond donors (Lipinski definition) is 1. The monoisotopic (exact) mass is 315 g/mol. The van der Waals surface area contributed by atoms with Gasteiger partial charge >= 0.3 is 0 Å². The summed E-state index contributed by atoms with van der Waals surface area (Å²) in [5.74, 6) is 1.12. The molecule has 0 atom stereocenters. The zero-order valence-corrected chi connectivity index (χ0v) is 12.4. The van der Waals surface area contributed by atoms with E-state index in [9.17, 15) is 4.79 Å². The number of rotatable bonds is 7. The minimum Gasteiger partial charge on any atom is -0.325 e. The zero-order valence-electron chi connectivity index (χ0n) is 10.0. The predicted molar refractivity (Wildman–Crippen MR) is 79.1 cm³/mol. The summed E-state index contributed by atoms with van der Waals surface area (Å²) < 4.78 is 0. The third-order valence-corrected chi connectivity index (χ3v) is 3.76. The number of halogens is 1. The van der Waals surface area contributed by atoms with Gasteiger partial charge in [0, 0.05) is 16.6 Å². The van der Waals surface area contributed by atoms with Gasteiger partial charge < -0.3 is 5.32 Å². The molecule has 0 aliphatic heterocycles. The Labute approximate surface area is 116 Å². The van der Waals surface area contributed by atoms with Gasteiger partial charge in [-0.1, -0.05) is 35.0 Å². The molecule has 2 nitrogen and oxygen atoms in total. The van der Waals surface area contributed by atoms with E-state index in [1.54, 1.807) is 11.8 Å². The minimum absolute atomic E-state index is 0.107. The molecule has 1 amide bonds. The number of unbranched alkanes of at least 4 members (excludes halogenated alkanes) is 1. The Morgan fingerprint density at radius 2 is 2.12 bits per heavy atom. The van der Waals surface area contributed by atoms with E-state index in [0.29, 0.717) is 6.42 Å². The fourth-order valence-corrected chi connectivity index (χ4v) is 2.60. The van der Waals surface area contributed by atoms with Crippen molar-refractivity contribution >= 4 is 39.3 Å². The predicted octanol–water partition coefficient (Wildman–Crippen LogP) is 4.30. The van der Waals surface area contributed by atoms with Gasteiger partial charge in [0.15, 0.2) is 0 Å². The maximum absolute atomic E-state index is 11.7. The first-order chi connectivity index (χ1) is 8.27. The van der Waals surface area contributed by atoms with Gasteiger partial charge in [-0.15, -0.1) is 11.8 Å². The summed E-state index contributed by atoms with van der Waals surface area (Å²) in [6, 6.07) is 7.95. The normalized spacial score (nSPS) is 10.2. The highest BCUT2D eigenvalue weighted by atomic mass is 79.9. The van der Waals surface area contributed by atoms with Crippen LogP contribution in [0.4, 0.5) is 5.69 Å². The van der Waals surface area contributed by atoms with E-state index < -0.39 is 0 Å². The van der Waals surface area contributed by atoms with Crippen LogP contribution in [0.5, 0.6) is 0 Å². The van der Waals surface area contributed by atoms with E-state index in [0.717, 1.165) is 34.5 Å². The lowest BCUT2D eigenvalue weighted by Gasteiger charge is -2.09. The van der Waals surface area contributed by atoms with Crippen molar-refractivity contribution in [2.45, 2.75) is 31.1 Å². The molecule has 0 aliphatic rings. The van der Waals surface area contributed by atoms with Crippen LogP contribution in [0.15, 0.2) is 29.2 Å². The number of benzene rings is 1. The molecule has 1 N–H and O–H groups in total. The molecule has 17 heavy (non-hydrogen) atoms. The number of nitrogens with one attached hydrogen (secondary N) is 1.